The Kier molecular flexibility index (Phi) is 48.8. The molecule has 0 fully saturated rings. The van der Waals surface area contributed by atoms with Gasteiger partial charge in [0.15, 0.2) is 0 Å². The van der Waals surface area contributed by atoms with Crippen molar-refractivity contribution in [3.05, 3.63) is 82.9 Å². The average molecular weight is 1240 g/mol. The number of unbranched alkanes of at least 4 members (excludes halogenated alkanes) is 44. The minimum atomic E-state index is -4.47. The quantitative estimate of drug-likeness (QED) is 0.0247. The Morgan fingerprint density at radius 1 is 0.259 bits per heavy atom. The van der Waals surface area contributed by atoms with E-state index < -0.39 is 20.2 Å². The van der Waals surface area contributed by atoms with Crippen LogP contribution in [0.1, 0.15) is 358 Å². The molecule has 0 radical (unpaired) electrons. The van der Waals surface area contributed by atoms with Crippen LogP contribution in [-0.2, 0) is 45.9 Å². The first-order valence-corrected chi connectivity index (χ1v) is 38.8. The van der Waals surface area contributed by atoms with Crippen LogP contribution in [0, 0.1) is 0 Å². The van der Waals surface area contributed by atoms with Gasteiger partial charge in [0.25, 0.3) is 0 Å². The van der Waals surface area contributed by atoms with Crippen LogP contribution in [0.2, 0.25) is 0 Å². The molecule has 0 aromatic heterocycles. The standard InChI is InChI=1S/2C38H64O3S.Ca/c2*1-3-5-7-9-11-13-15-17-19-21-23-25-27-34-29-30-36-33-37(42(39,40)41)32-35(38(36)31-34)28-26-24-22-20-18-16-14-12-10-8-6-4-2;/h2*29-33H,3-28H2,1-2H3,(H,39,40,41);/q;;+2/p-2. The van der Waals surface area contributed by atoms with E-state index in [-0.39, 0.29) is 47.5 Å². The van der Waals surface area contributed by atoms with E-state index in [1.807, 2.05) is 12.1 Å². The Morgan fingerprint density at radius 2 is 0.459 bits per heavy atom. The van der Waals surface area contributed by atoms with Crippen molar-refractivity contribution in [1.82, 2.24) is 0 Å². The largest absolute Gasteiger partial charge is 2.00 e. The monoisotopic (exact) mass is 1240 g/mol. The van der Waals surface area contributed by atoms with Crippen LogP contribution < -0.4 is 0 Å². The maximum absolute atomic E-state index is 11.9. The molecule has 4 aromatic carbocycles. The minimum absolute atomic E-state index is 0. The summed E-state index contributed by atoms with van der Waals surface area (Å²) in [5.74, 6) is 0. The minimum Gasteiger partial charge on any atom is -0.744 e. The van der Waals surface area contributed by atoms with E-state index in [1.54, 1.807) is 24.3 Å². The molecule has 0 amide bonds. The van der Waals surface area contributed by atoms with Crippen molar-refractivity contribution in [1.29, 1.82) is 0 Å². The predicted molar refractivity (Wildman–Crippen MR) is 369 cm³/mol. The Morgan fingerprint density at radius 3 is 0.671 bits per heavy atom. The van der Waals surface area contributed by atoms with Gasteiger partial charge in [0.05, 0.1) is 9.79 Å². The SMILES string of the molecule is CCCCCCCCCCCCCCc1ccc2cc(S(=O)(=O)[O-])cc(CCCCCCCCCCCCCC)c2c1.CCCCCCCCCCCCCCc1ccc2cc(S(=O)(=O)[O-])cc(CCCCCCCCCCCCCC)c2c1.[Ca+2]. The van der Waals surface area contributed by atoms with Crippen LogP contribution in [0.15, 0.2) is 70.5 Å². The van der Waals surface area contributed by atoms with Crippen molar-refractivity contribution in [3.8, 4) is 0 Å². The van der Waals surface area contributed by atoms with E-state index in [0.717, 1.165) is 84.0 Å². The summed E-state index contributed by atoms with van der Waals surface area (Å²) >= 11 is 0. The summed E-state index contributed by atoms with van der Waals surface area (Å²) < 4.78 is 71.1. The van der Waals surface area contributed by atoms with Crippen molar-refractivity contribution in [2.24, 2.45) is 0 Å². The third-order valence-electron chi connectivity index (χ3n) is 18.0. The molecule has 0 aliphatic rings. The summed E-state index contributed by atoms with van der Waals surface area (Å²) in [6, 6.07) is 19.2. The van der Waals surface area contributed by atoms with Gasteiger partial charge in [0.1, 0.15) is 20.2 Å². The zero-order valence-corrected chi connectivity index (χ0v) is 59.4. The zero-order valence-electron chi connectivity index (χ0n) is 55.5. The van der Waals surface area contributed by atoms with Crippen LogP contribution in [0.25, 0.3) is 21.5 Å². The molecule has 9 heteroatoms. The van der Waals surface area contributed by atoms with Crippen molar-refractivity contribution in [2.75, 3.05) is 0 Å². The normalized spacial score (nSPS) is 11.8. The maximum atomic E-state index is 11.9. The van der Waals surface area contributed by atoms with Crippen molar-refractivity contribution in [3.63, 3.8) is 0 Å². The van der Waals surface area contributed by atoms with Crippen molar-refractivity contribution >= 4 is 79.5 Å². The Balaban J connectivity index is 0.000000573. The molecule has 0 unspecified atom stereocenters. The summed E-state index contributed by atoms with van der Waals surface area (Å²) in [7, 11) is -8.93. The summed E-state index contributed by atoms with van der Waals surface area (Å²) in [6.07, 6.45) is 67.5. The Hall–Kier alpha value is -1.52. The third kappa shape index (κ3) is 39.4. The molecule has 85 heavy (non-hydrogen) atoms. The van der Waals surface area contributed by atoms with Gasteiger partial charge in [-0.2, -0.15) is 0 Å². The molecule has 480 valence electrons. The third-order valence-corrected chi connectivity index (χ3v) is 19.6. The second-order valence-electron chi connectivity index (χ2n) is 25.7. The average Bonchev–Trinajstić information content (AvgIpc) is 2.43. The number of fused-ring (bicyclic) bond motifs is 2. The van der Waals surface area contributed by atoms with E-state index >= 15 is 0 Å². The molecule has 0 aliphatic heterocycles. The smallest absolute Gasteiger partial charge is 0.744 e. The Labute approximate surface area is 555 Å². The molecule has 0 atom stereocenters. The first-order chi connectivity index (χ1) is 40.9. The first-order valence-electron chi connectivity index (χ1n) is 35.9. The second kappa shape index (κ2) is 52.1. The van der Waals surface area contributed by atoms with Crippen molar-refractivity contribution in [2.45, 2.75) is 371 Å². The molecule has 0 bridgehead atoms. The number of aryl methyl sites for hydroxylation is 4. The molecule has 0 saturated heterocycles. The maximum Gasteiger partial charge on any atom is 2.00 e. The predicted octanol–water partition coefficient (Wildman–Crippen LogP) is 24.1. The molecule has 0 saturated carbocycles. The number of benzene rings is 4. The van der Waals surface area contributed by atoms with Gasteiger partial charge >= 0.3 is 37.7 Å². The van der Waals surface area contributed by atoms with E-state index in [4.69, 9.17) is 0 Å². The van der Waals surface area contributed by atoms with Gasteiger partial charge in [-0.05, 0) is 119 Å². The van der Waals surface area contributed by atoms with Gasteiger partial charge < -0.3 is 9.11 Å². The van der Waals surface area contributed by atoms with Gasteiger partial charge in [0, 0.05) is 0 Å². The molecular weight excluding hydrogens is 1110 g/mol. The number of hydrogen-bond donors (Lipinski definition) is 0. The Bertz CT molecular complexity index is 2300. The van der Waals surface area contributed by atoms with Gasteiger partial charge in [-0.3, -0.25) is 0 Å². The molecule has 4 aromatic rings. The molecule has 4 rings (SSSR count). The number of hydrogen-bond acceptors (Lipinski definition) is 6. The zero-order chi connectivity index (χ0) is 60.6. The van der Waals surface area contributed by atoms with Gasteiger partial charge in [-0.1, -0.05) is 347 Å². The number of rotatable bonds is 54. The summed E-state index contributed by atoms with van der Waals surface area (Å²) in [5, 5.41) is 4.00. The summed E-state index contributed by atoms with van der Waals surface area (Å²) in [4.78, 5) is -0.171. The van der Waals surface area contributed by atoms with Gasteiger partial charge in [0.2, 0.25) is 0 Å². The van der Waals surface area contributed by atoms with E-state index in [0.29, 0.717) is 0 Å². The molecule has 6 nitrogen and oxygen atoms in total. The first kappa shape index (κ1) is 79.6. The molecular formula is C76H126CaO6S2. The molecule has 0 N–H and O–H groups in total. The fourth-order valence-corrected chi connectivity index (χ4v) is 13.7. The topological polar surface area (TPSA) is 114 Å². The van der Waals surface area contributed by atoms with E-state index in [9.17, 15) is 25.9 Å². The van der Waals surface area contributed by atoms with Gasteiger partial charge in [-0.15, -0.1) is 0 Å². The molecule has 0 heterocycles. The molecule has 0 spiro atoms. The summed E-state index contributed by atoms with van der Waals surface area (Å²) in [6.45, 7) is 9.09. The van der Waals surface area contributed by atoms with Crippen LogP contribution in [0.5, 0.6) is 0 Å². The van der Waals surface area contributed by atoms with Crippen LogP contribution in [0.4, 0.5) is 0 Å². The van der Waals surface area contributed by atoms with E-state index in [1.165, 1.54) is 294 Å². The summed E-state index contributed by atoms with van der Waals surface area (Å²) in [5.41, 5.74) is 4.68. The van der Waals surface area contributed by atoms with Crippen LogP contribution in [-0.4, -0.2) is 63.7 Å². The van der Waals surface area contributed by atoms with Crippen molar-refractivity contribution < 1.29 is 25.9 Å². The van der Waals surface area contributed by atoms with Crippen LogP contribution in [0.3, 0.4) is 0 Å². The van der Waals surface area contributed by atoms with Crippen LogP contribution >= 0.6 is 0 Å². The molecule has 0 aliphatic carbocycles. The fourth-order valence-electron chi connectivity index (χ4n) is 12.6. The second-order valence-corrected chi connectivity index (χ2v) is 28.5. The van der Waals surface area contributed by atoms with E-state index in [2.05, 4.69) is 52.0 Å². The fraction of sp³-hybridized carbons (Fsp3) is 0.737. The van der Waals surface area contributed by atoms with Gasteiger partial charge in [-0.25, -0.2) is 16.8 Å².